The summed E-state index contributed by atoms with van der Waals surface area (Å²) in [5.41, 5.74) is 7.98. The van der Waals surface area contributed by atoms with E-state index in [9.17, 15) is 5.11 Å². The summed E-state index contributed by atoms with van der Waals surface area (Å²) in [6.45, 7) is 1.19. The van der Waals surface area contributed by atoms with Crippen LogP contribution in [0.4, 0.5) is 11.4 Å². The van der Waals surface area contributed by atoms with Gasteiger partial charge in [-0.2, -0.15) is 0 Å². The van der Waals surface area contributed by atoms with E-state index in [4.69, 9.17) is 5.73 Å². The van der Waals surface area contributed by atoms with E-state index in [0.29, 0.717) is 0 Å². The van der Waals surface area contributed by atoms with Crippen LogP contribution >= 0.6 is 0 Å². The fourth-order valence-corrected chi connectivity index (χ4v) is 3.13. The minimum Gasteiger partial charge on any atom is -0.398 e. The quantitative estimate of drug-likeness (QED) is 0.824. The standard InChI is InChI=1S/C16H21N3O/c17-15-5-6-16(14-10-18-8-7-13(14)15)19-9-3-1-2-4-12(19)11-20/h5-8,10,12,20H,1-4,9,11,17H2. The number of hydrogen-bond donors (Lipinski definition) is 2. The van der Waals surface area contributed by atoms with Gasteiger partial charge in [-0.3, -0.25) is 4.98 Å². The van der Waals surface area contributed by atoms with Gasteiger partial charge in [0.25, 0.3) is 0 Å². The fraction of sp³-hybridized carbons (Fsp3) is 0.438. The Balaban J connectivity index is 2.10. The van der Waals surface area contributed by atoms with Gasteiger partial charge in [0, 0.05) is 41.1 Å². The van der Waals surface area contributed by atoms with Crippen molar-refractivity contribution in [1.82, 2.24) is 4.98 Å². The number of aliphatic hydroxyl groups is 1. The molecule has 0 saturated carbocycles. The Morgan fingerprint density at radius 1 is 1.20 bits per heavy atom. The first-order chi connectivity index (χ1) is 9.81. The molecule has 0 aliphatic carbocycles. The molecule has 3 N–H and O–H groups in total. The number of aromatic nitrogens is 1. The third-order valence-corrected chi connectivity index (χ3v) is 4.23. The Kier molecular flexibility index (Phi) is 3.74. The van der Waals surface area contributed by atoms with Crippen LogP contribution in [0.3, 0.4) is 0 Å². The molecule has 106 valence electrons. The number of nitrogens with two attached hydrogens (primary N) is 1. The lowest BCUT2D eigenvalue weighted by Crippen LogP contribution is -2.37. The molecule has 0 bridgehead atoms. The predicted octanol–water partition coefficient (Wildman–Crippen LogP) is 2.56. The second kappa shape index (κ2) is 5.67. The SMILES string of the molecule is Nc1ccc(N2CCCCCC2CO)c2cnccc12. The Hall–Kier alpha value is -1.81. The second-order valence-corrected chi connectivity index (χ2v) is 5.47. The van der Waals surface area contributed by atoms with Crippen LogP contribution in [0.15, 0.2) is 30.6 Å². The molecule has 2 aromatic rings. The number of anilines is 2. The van der Waals surface area contributed by atoms with E-state index in [1.54, 1.807) is 6.20 Å². The highest BCUT2D eigenvalue weighted by atomic mass is 16.3. The number of hydrogen-bond acceptors (Lipinski definition) is 4. The van der Waals surface area contributed by atoms with Crippen molar-refractivity contribution < 1.29 is 5.11 Å². The molecule has 1 fully saturated rings. The van der Waals surface area contributed by atoms with Crippen molar-refractivity contribution in [3.05, 3.63) is 30.6 Å². The lowest BCUT2D eigenvalue weighted by Gasteiger charge is -2.32. The Morgan fingerprint density at radius 3 is 2.95 bits per heavy atom. The normalized spacial score (nSPS) is 20.1. The van der Waals surface area contributed by atoms with Crippen LogP contribution in [0.2, 0.25) is 0 Å². The van der Waals surface area contributed by atoms with Crippen LogP contribution in [0, 0.1) is 0 Å². The van der Waals surface area contributed by atoms with Gasteiger partial charge >= 0.3 is 0 Å². The molecule has 1 aromatic heterocycles. The van der Waals surface area contributed by atoms with E-state index in [1.807, 2.05) is 18.3 Å². The largest absolute Gasteiger partial charge is 0.398 e. The number of benzene rings is 1. The molecule has 0 amide bonds. The van der Waals surface area contributed by atoms with Gasteiger partial charge in [-0.25, -0.2) is 0 Å². The van der Waals surface area contributed by atoms with E-state index >= 15 is 0 Å². The summed E-state index contributed by atoms with van der Waals surface area (Å²) in [5.74, 6) is 0. The minimum absolute atomic E-state index is 0.199. The number of fused-ring (bicyclic) bond motifs is 1. The lowest BCUT2D eigenvalue weighted by molar-refractivity contribution is 0.255. The first-order valence-electron chi connectivity index (χ1n) is 7.31. The first kappa shape index (κ1) is 13.2. The van der Waals surface area contributed by atoms with Crippen molar-refractivity contribution >= 4 is 22.1 Å². The van der Waals surface area contributed by atoms with Gasteiger partial charge in [0.1, 0.15) is 0 Å². The summed E-state index contributed by atoms with van der Waals surface area (Å²) in [5, 5.41) is 11.8. The van der Waals surface area contributed by atoms with Crippen LogP contribution < -0.4 is 10.6 Å². The number of nitrogen functional groups attached to an aromatic ring is 1. The van der Waals surface area contributed by atoms with E-state index in [-0.39, 0.29) is 12.6 Å². The molecule has 4 nitrogen and oxygen atoms in total. The van der Waals surface area contributed by atoms with Crippen molar-refractivity contribution in [2.75, 3.05) is 23.8 Å². The molecule has 0 radical (unpaired) electrons. The van der Waals surface area contributed by atoms with Gasteiger partial charge in [0.15, 0.2) is 0 Å². The summed E-state index contributed by atoms with van der Waals surface area (Å²) in [6.07, 6.45) is 8.28. The topological polar surface area (TPSA) is 62.4 Å². The summed E-state index contributed by atoms with van der Waals surface area (Å²) < 4.78 is 0. The van der Waals surface area contributed by atoms with Gasteiger partial charge in [0.2, 0.25) is 0 Å². The Morgan fingerprint density at radius 2 is 2.10 bits per heavy atom. The van der Waals surface area contributed by atoms with Crippen molar-refractivity contribution in [2.45, 2.75) is 31.7 Å². The van der Waals surface area contributed by atoms with Crippen LogP contribution in [0.5, 0.6) is 0 Å². The average Bonchev–Trinajstić information content (AvgIpc) is 2.73. The van der Waals surface area contributed by atoms with Crippen molar-refractivity contribution in [2.24, 2.45) is 0 Å². The predicted molar refractivity (Wildman–Crippen MR) is 82.8 cm³/mol. The van der Waals surface area contributed by atoms with Crippen molar-refractivity contribution in [3.63, 3.8) is 0 Å². The third kappa shape index (κ3) is 2.31. The number of rotatable bonds is 2. The molecule has 1 atom stereocenters. The van der Waals surface area contributed by atoms with Gasteiger partial charge in [-0.15, -0.1) is 0 Å². The number of nitrogens with zero attached hydrogens (tertiary/aromatic N) is 2. The summed E-state index contributed by atoms with van der Waals surface area (Å²) in [4.78, 5) is 6.57. The van der Waals surface area contributed by atoms with Gasteiger partial charge < -0.3 is 15.7 Å². The molecule has 4 heteroatoms. The van der Waals surface area contributed by atoms with Gasteiger partial charge in [0.05, 0.1) is 12.6 Å². The van der Waals surface area contributed by atoms with Gasteiger partial charge in [-0.05, 0) is 31.0 Å². The Labute approximate surface area is 119 Å². The maximum atomic E-state index is 9.69. The second-order valence-electron chi connectivity index (χ2n) is 5.47. The molecule has 1 saturated heterocycles. The third-order valence-electron chi connectivity index (χ3n) is 4.23. The molecular formula is C16H21N3O. The zero-order valence-electron chi connectivity index (χ0n) is 11.6. The highest BCUT2D eigenvalue weighted by Crippen LogP contribution is 2.33. The molecule has 1 aliphatic rings. The van der Waals surface area contributed by atoms with E-state index in [2.05, 4.69) is 16.0 Å². The maximum Gasteiger partial charge on any atom is 0.0635 e. The zero-order chi connectivity index (χ0) is 13.9. The summed E-state index contributed by atoms with van der Waals surface area (Å²) in [7, 11) is 0. The number of aliphatic hydroxyl groups excluding tert-OH is 1. The van der Waals surface area contributed by atoms with Crippen molar-refractivity contribution in [3.8, 4) is 0 Å². The molecule has 2 heterocycles. The molecule has 1 unspecified atom stereocenters. The van der Waals surface area contributed by atoms with Crippen LogP contribution in [-0.4, -0.2) is 29.3 Å². The monoisotopic (exact) mass is 271 g/mol. The highest BCUT2D eigenvalue weighted by molar-refractivity contribution is 6.00. The average molecular weight is 271 g/mol. The lowest BCUT2D eigenvalue weighted by atomic mass is 10.1. The van der Waals surface area contributed by atoms with Crippen LogP contribution in [-0.2, 0) is 0 Å². The van der Waals surface area contributed by atoms with Crippen LogP contribution in [0.25, 0.3) is 10.8 Å². The molecular weight excluding hydrogens is 250 g/mol. The molecule has 3 rings (SSSR count). The van der Waals surface area contributed by atoms with E-state index < -0.39 is 0 Å². The van der Waals surface area contributed by atoms with Gasteiger partial charge in [-0.1, -0.05) is 12.8 Å². The molecule has 0 spiro atoms. The summed E-state index contributed by atoms with van der Waals surface area (Å²) >= 11 is 0. The highest BCUT2D eigenvalue weighted by Gasteiger charge is 2.22. The van der Waals surface area contributed by atoms with Crippen molar-refractivity contribution in [1.29, 1.82) is 0 Å². The minimum atomic E-state index is 0.199. The van der Waals surface area contributed by atoms with Crippen LogP contribution in [0.1, 0.15) is 25.7 Å². The summed E-state index contributed by atoms with van der Waals surface area (Å²) in [6, 6.07) is 6.18. The zero-order valence-corrected chi connectivity index (χ0v) is 11.6. The molecule has 20 heavy (non-hydrogen) atoms. The van der Waals surface area contributed by atoms with E-state index in [1.165, 1.54) is 19.3 Å². The number of pyridine rings is 1. The van der Waals surface area contributed by atoms with E-state index in [0.717, 1.165) is 35.1 Å². The molecule has 1 aromatic carbocycles. The smallest absolute Gasteiger partial charge is 0.0635 e. The maximum absolute atomic E-state index is 9.69. The Bertz CT molecular complexity index is 599. The fourth-order valence-electron chi connectivity index (χ4n) is 3.13. The molecule has 1 aliphatic heterocycles. The first-order valence-corrected chi connectivity index (χ1v) is 7.31.